The molecule has 1 atom stereocenters. The van der Waals surface area contributed by atoms with Crippen LogP contribution in [-0.2, 0) is 4.74 Å². The summed E-state index contributed by atoms with van der Waals surface area (Å²) < 4.78 is 3.93. The molecule has 0 spiro atoms. The van der Waals surface area contributed by atoms with Crippen molar-refractivity contribution in [2.75, 3.05) is 13.1 Å². The van der Waals surface area contributed by atoms with E-state index in [2.05, 4.69) is 5.32 Å². The quantitative estimate of drug-likeness (QED) is 0.282. The molecule has 7 nitrogen and oxygen atoms in total. The molecule has 1 aliphatic rings. The Morgan fingerprint density at radius 1 is 1.33 bits per heavy atom. The van der Waals surface area contributed by atoms with Crippen molar-refractivity contribution in [2.24, 2.45) is 5.84 Å². The van der Waals surface area contributed by atoms with Crippen LogP contribution in [0.25, 0.3) is 0 Å². The number of hydrogen-bond donors (Lipinski definition) is 3. The third kappa shape index (κ3) is 3.18. The van der Waals surface area contributed by atoms with E-state index in [1.54, 1.807) is 20.8 Å². The number of imide groups is 1. The highest BCUT2D eigenvalue weighted by molar-refractivity contribution is 5.75. The average molecular weight is 260 g/mol. The molecule has 0 bridgehead atoms. The Hall–Kier alpha value is -1.18. The summed E-state index contributed by atoms with van der Waals surface area (Å²) in [4.78, 5) is 23.4. The van der Waals surface area contributed by atoms with Gasteiger partial charge in [0, 0.05) is 25.9 Å². The number of nitrogens with two attached hydrogens (primary N) is 1. The molecule has 0 aromatic heterocycles. The fourth-order valence-corrected chi connectivity index (χ4v) is 1.93. The minimum Gasteiger partial charge on any atom is -0.434 e. The lowest BCUT2D eigenvalue weighted by atomic mass is 10.0. The topological polar surface area (TPSA) is 102 Å². The second-order valence-corrected chi connectivity index (χ2v) is 5.52. The molecule has 0 radical (unpaired) electrons. The Kier molecular flexibility index (Phi) is 4.31. The van der Waals surface area contributed by atoms with Crippen LogP contribution in [0.15, 0.2) is 0 Å². The van der Waals surface area contributed by atoms with E-state index in [1.165, 1.54) is 0 Å². The molecular formula is C11H22N3O4+. The van der Waals surface area contributed by atoms with E-state index in [4.69, 9.17) is 10.6 Å². The summed E-state index contributed by atoms with van der Waals surface area (Å²) in [7, 11) is 0. The highest BCUT2D eigenvalue weighted by atomic mass is 16.6. The first-order valence-electron chi connectivity index (χ1n) is 6.03. The van der Waals surface area contributed by atoms with Crippen molar-refractivity contribution >= 4 is 12.2 Å². The van der Waals surface area contributed by atoms with Crippen molar-refractivity contribution < 1.29 is 24.0 Å². The average Bonchev–Trinajstić information content (AvgIpc) is 2.26. The molecule has 18 heavy (non-hydrogen) atoms. The van der Waals surface area contributed by atoms with Gasteiger partial charge < -0.3 is 15.2 Å². The standard InChI is InChI=1S/C11H21N3O4/c1-11(2,3)18-10(17)14(12,9(15)16)8-4-6-13-7-5-8/h8,13H,4-7,12H2,1-3H3/p+1. The summed E-state index contributed by atoms with van der Waals surface area (Å²) in [6.07, 6.45) is -1.23. The largest absolute Gasteiger partial charge is 0.547 e. The molecule has 1 rings (SSSR count). The number of piperidine rings is 1. The van der Waals surface area contributed by atoms with Gasteiger partial charge in [0.25, 0.3) is 0 Å². The zero-order valence-electron chi connectivity index (χ0n) is 11.1. The molecule has 0 aromatic rings. The van der Waals surface area contributed by atoms with Crippen LogP contribution >= 0.6 is 0 Å². The molecule has 1 aliphatic heterocycles. The number of nitrogens with one attached hydrogen (secondary N) is 1. The van der Waals surface area contributed by atoms with Crippen LogP contribution in [0, 0.1) is 0 Å². The number of nitrogens with zero attached hydrogens (tertiary/aromatic N) is 1. The normalized spacial score (nSPS) is 21.1. The fraction of sp³-hybridized carbons (Fsp3) is 0.818. The predicted octanol–water partition coefficient (Wildman–Crippen LogP) is 1.04. The second kappa shape index (κ2) is 5.21. The van der Waals surface area contributed by atoms with E-state index in [0.29, 0.717) is 25.9 Å². The van der Waals surface area contributed by atoms with Crippen LogP contribution < -0.4 is 11.2 Å². The predicted molar refractivity (Wildman–Crippen MR) is 64.6 cm³/mol. The van der Waals surface area contributed by atoms with Crippen molar-refractivity contribution in [1.29, 1.82) is 0 Å². The molecule has 1 unspecified atom stereocenters. The minimum atomic E-state index is -1.38. The van der Waals surface area contributed by atoms with Gasteiger partial charge in [-0.3, -0.25) is 0 Å². The summed E-state index contributed by atoms with van der Waals surface area (Å²) in [6, 6.07) is -0.460. The summed E-state index contributed by atoms with van der Waals surface area (Å²) in [5, 5.41) is 12.4. The van der Waals surface area contributed by atoms with E-state index in [-0.39, 0.29) is 0 Å². The molecule has 0 aliphatic carbocycles. The number of amides is 2. The van der Waals surface area contributed by atoms with Crippen LogP contribution in [-0.4, -0.2) is 46.6 Å². The van der Waals surface area contributed by atoms with E-state index in [0.717, 1.165) is 0 Å². The van der Waals surface area contributed by atoms with Crippen molar-refractivity contribution in [3.8, 4) is 0 Å². The molecule has 4 N–H and O–H groups in total. The maximum absolute atomic E-state index is 12.0. The first-order chi connectivity index (χ1) is 8.18. The Morgan fingerprint density at radius 3 is 2.22 bits per heavy atom. The van der Waals surface area contributed by atoms with Gasteiger partial charge in [0.15, 0.2) is 0 Å². The van der Waals surface area contributed by atoms with Crippen molar-refractivity contribution in [1.82, 2.24) is 5.32 Å². The molecule has 1 heterocycles. The monoisotopic (exact) mass is 260 g/mol. The van der Waals surface area contributed by atoms with E-state index in [1.807, 2.05) is 0 Å². The minimum absolute atomic E-state index is 0.460. The van der Waals surface area contributed by atoms with Crippen molar-refractivity contribution in [3.05, 3.63) is 0 Å². The Labute approximate surface area is 106 Å². The smallest absolute Gasteiger partial charge is 0.434 e. The Balaban J connectivity index is 2.92. The number of rotatable bonds is 1. The maximum atomic E-state index is 12.0. The number of carbonyl (C=O) groups excluding carboxylic acids is 1. The zero-order valence-corrected chi connectivity index (χ0v) is 11.1. The first-order valence-corrected chi connectivity index (χ1v) is 6.03. The van der Waals surface area contributed by atoms with Crippen molar-refractivity contribution in [3.63, 3.8) is 0 Å². The van der Waals surface area contributed by atoms with E-state index in [9.17, 15) is 14.7 Å². The summed E-state index contributed by atoms with van der Waals surface area (Å²) in [6.45, 7) is 6.34. The summed E-state index contributed by atoms with van der Waals surface area (Å²) in [5.74, 6) is 5.80. The maximum Gasteiger partial charge on any atom is 0.547 e. The molecule has 7 heteroatoms. The number of hydrogen-bond acceptors (Lipinski definition) is 5. The summed E-state index contributed by atoms with van der Waals surface area (Å²) >= 11 is 0. The number of carboxylic acid groups (broad SMARTS) is 1. The first kappa shape index (κ1) is 14.9. The number of quaternary nitrogens is 1. The molecule has 0 saturated carbocycles. The summed E-state index contributed by atoms with van der Waals surface area (Å²) in [5.41, 5.74) is -0.762. The van der Waals surface area contributed by atoms with Crippen LogP contribution in [0.3, 0.4) is 0 Å². The fourth-order valence-electron chi connectivity index (χ4n) is 1.93. The van der Waals surface area contributed by atoms with Gasteiger partial charge >= 0.3 is 12.2 Å². The zero-order chi connectivity index (χ0) is 14.0. The lowest BCUT2D eigenvalue weighted by Gasteiger charge is -2.35. The lowest BCUT2D eigenvalue weighted by molar-refractivity contribution is -0.826. The van der Waals surface area contributed by atoms with Crippen LogP contribution in [0.4, 0.5) is 9.59 Å². The van der Waals surface area contributed by atoms with Gasteiger partial charge in [0.2, 0.25) is 0 Å². The SMILES string of the molecule is CC(C)(C)OC(=O)[N+](N)(C(=O)O)C1CCNCC1. The van der Waals surface area contributed by atoms with Gasteiger partial charge in [-0.25, -0.2) is 0 Å². The molecule has 0 aromatic carbocycles. The van der Waals surface area contributed by atoms with Crippen molar-refractivity contribution in [2.45, 2.75) is 45.3 Å². The molecule has 2 amide bonds. The van der Waals surface area contributed by atoms with Crippen LogP contribution in [0.1, 0.15) is 33.6 Å². The van der Waals surface area contributed by atoms with Gasteiger partial charge in [-0.05, 0) is 25.4 Å². The number of carbonyl (C=O) groups is 2. The Bertz CT molecular complexity index is 334. The third-order valence-electron chi connectivity index (χ3n) is 2.90. The molecule has 104 valence electrons. The van der Waals surface area contributed by atoms with Crippen LogP contribution in [0.5, 0.6) is 0 Å². The molecular weight excluding hydrogens is 238 g/mol. The van der Waals surface area contributed by atoms with Gasteiger partial charge in [0.05, 0.1) is 0 Å². The highest BCUT2D eigenvalue weighted by Gasteiger charge is 2.53. The number of ether oxygens (including phenoxy) is 1. The lowest BCUT2D eigenvalue weighted by Crippen LogP contribution is -2.69. The molecule has 1 saturated heterocycles. The second-order valence-electron chi connectivity index (χ2n) is 5.52. The Morgan fingerprint density at radius 2 is 1.83 bits per heavy atom. The van der Waals surface area contributed by atoms with Crippen LogP contribution in [0.2, 0.25) is 0 Å². The van der Waals surface area contributed by atoms with E-state index >= 15 is 0 Å². The highest BCUT2D eigenvalue weighted by Crippen LogP contribution is 2.22. The van der Waals surface area contributed by atoms with Gasteiger partial charge in [0.1, 0.15) is 11.6 Å². The third-order valence-corrected chi connectivity index (χ3v) is 2.90. The van der Waals surface area contributed by atoms with Gasteiger partial charge in [-0.15, -0.1) is 0 Å². The molecule has 1 fully saturated rings. The van der Waals surface area contributed by atoms with Gasteiger partial charge in [-0.2, -0.15) is 15.4 Å². The van der Waals surface area contributed by atoms with E-state index < -0.39 is 28.4 Å². The van der Waals surface area contributed by atoms with Gasteiger partial charge in [-0.1, -0.05) is 0 Å².